The van der Waals surface area contributed by atoms with Gasteiger partial charge in [0.15, 0.2) is 5.41 Å². The standard InChI is InChI=1S/C21H21N5/c1-14-9-17-16(10-22)19(25)21(11-23,12-24)18(15-7-5-4-6-8-15)20(17,2)13-26(14)3/h4-9,14,16,18,25H,13H2,1-3H3/t14-,16+,18-,20-/m1/s1. The third-order valence-electron chi connectivity index (χ3n) is 6.06. The Balaban J connectivity index is 2.37. The largest absolute Gasteiger partial charge is 0.305 e. The average molecular weight is 343 g/mol. The average Bonchev–Trinajstić information content (AvgIpc) is 2.64. The number of fused-ring (bicyclic) bond motifs is 1. The highest BCUT2D eigenvalue weighted by Gasteiger charge is 2.63. The van der Waals surface area contributed by atoms with E-state index in [1.54, 1.807) is 0 Å². The minimum atomic E-state index is -1.66. The fourth-order valence-electron chi connectivity index (χ4n) is 4.70. The van der Waals surface area contributed by atoms with E-state index in [1.807, 2.05) is 50.4 Å². The van der Waals surface area contributed by atoms with Crippen LogP contribution in [0.25, 0.3) is 0 Å². The summed E-state index contributed by atoms with van der Waals surface area (Å²) in [6.07, 6.45) is 2.04. The Bertz CT molecular complexity index is 881. The maximum absolute atomic E-state index is 10.0. The van der Waals surface area contributed by atoms with E-state index < -0.39 is 22.7 Å². The van der Waals surface area contributed by atoms with Gasteiger partial charge < -0.3 is 5.41 Å². The molecule has 5 heteroatoms. The summed E-state index contributed by atoms with van der Waals surface area (Å²) in [6, 6.07) is 16.1. The molecule has 5 nitrogen and oxygen atoms in total. The Morgan fingerprint density at radius 2 is 1.77 bits per heavy atom. The predicted molar refractivity (Wildman–Crippen MR) is 98.0 cm³/mol. The molecule has 1 fully saturated rings. The van der Waals surface area contributed by atoms with Crippen LogP contribution in [-0.2, 0) is 0 Å². The van der Waals surface area contributed by atoms with E-state index in [1.165, 1.54) is 0 Å². The zero-order valence-electron chi connectivity index (χ0n) is 15.2. The molecule has 0 aromatic heterocycles. The van der Waals surface area contributed by atoms with Crippen LogP contribution in [0.3, 0.4) is 0 Å². The second kappa shape index (κ2) is 6.10. The molecule has 0 bridgehead atoms. The van der Waals surface area contributed by atoms with Crippen molar-refractivity contribution in [3.8, 4) is 18.2 Å². The monoisotopic (exact) mass is 343 g/mol. The van der Waals surface area contributed by atoms with Crippen LogP contribution >= 0.6 is 0 Å². The summed E-state index contributed by atoms with van der Waals surface area (Å²) in [5, 5.41) is 38.5. The van der Waals surface area contributed by atoms with Crippen molar-refractivity contribution in [2.45, 2.75) is 25.8 Å². The Morgan fingerprint density at radius 3 is 2.31 bits per heavy atom. The molecular formula is C21H21N5. The van der Waals surface area contributed by atoms with Crippen molar-refractivity contribution in [3.05, 3.63) is 47.5 Å². The zero-order chi connectivity index (χ0) is 19.1. The molecule has 2 aliphatic rings. The molecule has 1 heterocycles. The van der Waals surface area contributed by atoms with Crippen LogP contribution in [0, 0.1) is 56.2 Å². The Labute approximate surface area is 154 Å². The fourth-order valence-corrected chi connectivity index (χ4v) is 4.70. The third kappa shape index (κ3) is 2.20. The molecule has 0 spiro atoms. The van der Waals surface area contributed by atoms with Gasteiger partial charge in [-0.15, -0.1) is 0 Å². The molecule has 1 aromatic carbocycles. The van der Waals surface area contributed by atoms with Crippen LogP contribution < -0.4 is 0 Å². The van der Waals surface area contributed by atoms with Gasteiger partial charge in [-0.3, -0.25) is 4.90 Å². The number of nitriles is 3. The van der Waals surface area contributed by atoms with Crippen LogP contribution in [0.15, 0.2) is 42.0 Å². The van der Waals surface area contributed by atoms with Crippen LogP contribution in [0.2, 0.25) is 0 Å². The van der Waals surface area contributed by atoms with E-state index in [0.29, 0.717) is 6.54 Å². The van der Waals surface area contributed by atoms with Crippen molar-refractivity contribution >= 4 is 5.71 Å². The van der Waals surface area contributed by atoms with E-state index in [9.17, 15) is 15.8 Å². The van der Waals surface area contributed by atoms with Gasteiger partial charge >= 0.3 is 0 Å². The van der Waals surface area contributed by atoms with E-state index in [-0.39, 0.29) is 11.8 Å². The highest BCUT2D eigenvalue weighted by Crippen LogP contribution is 2.60. The number of hydrogen-bond donors (Lipinski definition) is 1. The maximum Gasteiger partial charge on any atom is 0.190 e. The second-order valence-electron chi connectivity index (χ2n) is 7.55. The zero-order valence-corrected chi connectivity index (χ0v) is 15.2. The van der Waals surface area contributed by atoms with Crippen molar-refractivity contribution < 1.29 is 0 Å². The Kier molecular flexibility index (Phi) is 4.19. The molecule has 1 aromatic rings. The second-order valence-corrected chi connectivity index (χ2v) is 7.55. The predicted octanol–water partition coefficient (Wildman–Crippen LogP) is 3.24. The van der Waals surface area contributed by atoms with E-state index in [2.05, 4.69) is 30.0 Å². The molecule has 4 atom stereocenters. The first-order valence-electron chi connectivity index (χ1n) is 8.64. The van der Waals surface area contributed by atoms with Gasteiger partial charge in [0, 0.05) is 23.9 Å². The van der Waals surface area contributed by atoms with Crippen molar-refractivity contribution in [1.82, 2.24) is 4.90 Å². The topological polar surface area (TPSA) is 98.5 Å². The molecule has 0 unspecified atom stereocenters. The lowest BCUT2D eigenvalue weighted by molar-refractivity contribution is 0.119. The number of benzene rings is 1. The van der Waals surface area contributed by atoms with Crippen molar-refractivity contribution in [2.75, 3.05) is 13.6 Å². The number of rotatable bonds is 1. The minimum Gasteiger partial charge on any atom is -0.305 e. The molecule has 130 valence electrons. The van der Waals surface area contributed by atoms with E-state index in [0.717, 1.165) is 11.1 Å². The Morgan fingerprint density at radius 1 is 1.15 bits per heavy atom. The summed E-state index contributed by atoms with van der Waals surface area (Å²) in [4.78, 5) is 2.17. The number of hydrogen-bond acceptors (Lipinski definition) is 5. The number of likely N-dealkylation sites (N-methyl/N-ethyl adjacent to an activating group) is 1. The molecule has 1 aliphatic heterocycles. The van der Waals surface area contributed by atoms with Crippen LogP contribution in [0.1, 0.15) is 25.3 Å². The van der Waals surface area contributed by atoms with Crippen molar-refractivity contribution in [3.63, 3.8) is 0 Å². The third-order valence-corrected chi connectivity index (χ3v) is 6.06. The van der Waals surface area contributed by atoms with Crippen molar-refractivity contribution in [2.24, 2.45) is 16.7 Å². The summed E-state index contributed by atoms with van der Waals surface area (Å²) >= 11 is 0. The summed E-state index contributed by atoms with van der Waals surface area (Å²) in [5.74, 6) is -1.35. The first-order valence-corrected chi connectivity index (χ1v) is 8.64. The quantitative estimate of drug-likeness (QED) is 0.791. The van der Waals surface area contributed by atoms with Crippen LogP contribution in [0.5, 0.6) is 0 Å². The minimum absolute atomic E-state index is 0.0978. The molecule has 0 saturated heterocycles. The molecule has 3 rings (SSSR count). The van der Waals surface area contributed by atoms with Gasteiger partial charge in [-0.2, -0.15) is 15.8 Å². The molecule has 26 heavy (non-hydrogen) atoms. The smallest absolute Gasteiger partial charge is 0.190 e. The van der Waals surface area contributed by atoms with Gasteiger partial charge in [-0.05, 0) is 25.1 Å². The van der Waals surface area contributed by atoms with Gasteiger partial charge in [0.05, 0.1) is 23.9 Å². The summed E-state index contributed by atoms with van der Waals surface area (Å²) in [5.41, 5.74) is -0.619. The van der Waals surface area contributed by atoms with Crippen LogP contribution in [-0.4, -0.2) is 30.2 Å². The van der Waals surface area contributed by atoms with Gasteiger partial charge in [0.2, 0.25) is 0 Å². The summed E-state index contributed by atoms with van der Waals surface area (Å²) in [6.45, 7) is 4.70. The van der Waals surface area contributed by atoms with E-state index >= 15 is 0 Å². The molecule has 0 amide bonds. The van der Waals surface area contributed by atoms with Crippen LogP contribution in [0.4, 0.5) is 0 Å². The SMILES string of the molecule is C[C@@H]1C=C2[C@H](C#N)C(=N)C(C#N)(C#N)[C@H](c3ccccc3)[C@]2(C)CN1C. The first-order chi connectivity index (χ1) is 12.4. The number of nitrogens with one attached hydrogen (secondary N) is 1. The Hall–Kier alpha value is -2.94. The fraction of sp³-hybridized carbons (Fsp3) is 0.429. The van der Waals surface area contributed by atoms with Gasteiger partial charge in [0.1, 0.15) is 5.92 Å². The lowest BCUT2D eigenvalue weighted by Gasteiger charge is -2.55. The van der Waals surface area contributed by atoms with Gasteiger partial charge in [-0.1, -0.05) is 43.3 Å². The molecule has 1 saturated carbocycles. The maximum atomic E-state index is 10.0. The van der Waals surface area contributed by atoms with Crippen molar-refractivity contribution in [1.29, 1.82) is 21.2 Å². The van der Waals surface area contributed by atoms with Gasteiger partial charge in [-0.25, -0.2) is 0 Å². The summed E-state index contributed by atoms with van der Waals surface area (Å²) in [7, 11) is 2.01. The first kappa shape index (κ1) is 17.9. The molecule has 1 aliphatic carbocycles. The highest BCUT2D eigenvalue weighted by atomic mass is 15.1. The van der Waals surface area contributed by atoms with Gasteiger partial charge in [0.25, 0.3) is 0 Å². The summed E-state index contributed by atoms with van der Waals surface area (Å²) < 4.78 is 0. The lowest BCUT2D eigenvalue weighted by atomic mass is 9.48. The lowest BCUT2D eigenvalue weighted by Crippen LogP contribution is -2.58. The highest BCUT2D eigenvalue weighted by molar-refractivity contribution is 6.01. The number of nitrogens with zero attached hydrogens (tertiary/aromatic N) is 4. The molecular weight excluding hydrogens is 322 g/mol. The normalized spacial score (nSPS) is 33.2. The molecule has 1 N–H and O–H groups in total. The van der Waals surface area contributed by atoms with E-state index in [4.69, 9.17) is 5.41 Å². The molecule has 0 radical (unpaired) electrons.